The molecule has 1 heterocycles. The highest BCUT2D eigenvalue weighted by Gasteiger charge is 2.44. The largest absolute Gasteiger partial charge is 0.480 e. The number of carboxylic acid groups (broad SMARTS) is 1. The Kier molecular flexibility index (Phi) is 6.43. The molecule has 8 nitrogen and oxygen atoms in total. The van der Waals surface area contributed by atoms with E-state index in [1.54, 1.807) is 20.8 Å². The van der Waals surface area contributed by atoms with Crippen molar-refractivity contribution in [1.29, 1.82) is 0 Å². The highest BCUT2D eigenvalue weighted by molar-refractivity contribution is 5.90. The quantitative estimate of drug-likeness (QED) is 0.713. The van der Waals surface area contributed by atoms with Gasteiger partial charge in [-0.3, -0.25) is 4.79 Å². The SMILES string of the molecule is CC(C)(C)[C@H](NC(=O)OCc1ccccc1)C(=O)N1C[C@H](O)C[C@H]1C(=O)O. The van der Waals surface area contributed by atoms with Crippen LogP contribution < -0.4 is 5.32 Å². The number of ether oxygens (including phenoxy) is 1. The van der Waals surface area contributed by atoms with Crippen LogP contribution in [0.15, 0.2) is 30.3 Å². The van der Waals surface area contributed by atoms with Gasteiger partial charge in [0.2, 0.25) is 5.91 Å². The molecule has 1 aliphatic heterocycles. The molecule has 2 rings (SSSR count). The van der Waals surface area contributed by atoms with Gasteiger partial charge in [0, 0.05) is 13.0 Å². The van der Waals surface area contributed by atoms with Gasteiger partial charge in [-0.2, -0.15) is 0 Å². The van der Waals surface area contributed by atoms with E-state index in [4.69, 9.17) is 4.74 Å². The molecule has 27 heavy (non-hydrogen) atoms. The summed E-state index contributed by atoms with van der Waals surface area (Å²) in [6.07, 6.45) is -1.70. The Balaban J connectivity index is 2.07. The second-order valence-corrected chi connectivity index (χ2v) is 7.74. The summed E-state index contributed by atoms with van der Waals surface area (Å²) in [5.74, 6) is -1.73. The van der Waals surface area contributed by atoms with Gasteiger partial charge in [-0.05, 0) is 11.0 Å². The lowest BCUT2D eigenvalue weighted by Crippen LogP contribution is -2.56. The third-order valence-electron chi connectivity index (χ3n) is 4.44. The van der Waals surface area contributed by atoms with Crippen LogP contribution in [0.5, 0.6) is 0 Å². The molecule has 0 aliphatic carbocycles. The Morgan fingerprint density at radius 1 is 1.26 bits per heavy atom. The van der Waals surface area contributed by atoms with Crippen molar-refractivity contribution in [2.45, 2.75) is 52.0 Å². The molecule has 8 heteroatoms. The molecular formula is C19H26N2O6. The third-order valence-corrected chi connectivity index (χ3v) is 4.44. The first-order valence-corrected chi connectivity index (χ1v) is 8.78. The van der Waals surface area contributed by atoms with Crippen molar-refractivity contribution >= 4 is 18.0 Å². The van der Waals surface area contributed by atoms with Gasteiger partial charge in [0.15, 0.2) is 0 Å². The number of rotatable bonds is 5. The van der Waals surface area contributed by atoms with Gasteiger partial charge in [0.25, 0.3) is 0 Å². The van der Waals surface area contributed by atoms with Crippen LogP contribution in [0, 0.1) is 5.41 Å². The first-order valence-electron chi connectivity index (χ1n) is 8.78. The van der Waals surface area contributed by atoms with Gasteiger partial charge < -0.3 is 25.2 Å². The summed E-state index contributed by atoms with van der Waals surface area (Å²) in [5, 5.41) is 21.6. The molecule has 1 aromatic rings. The first kappa shape index (κ1) is 20.7. The van der Waals surface area contributed by atoms with Crippen molar-refractivity contribution in [1.82, 2.24) is 10.2 Å². The van der Waals surface area contributed by atoms with Crippen LogP contribution in [-0.4, -0.2) is 57.8 Å². The van der Waals surface area contributed by atoms with Crippen LogP contribution in [0.25, 0.3) is 0 Å². The number of β-amino-alcohol motifs (C(OH)–C–C–N with tert-alkyl or cyclic N) is 1. The van der Waals surface area contributed by atoms with Crippen LogP contribution >= 0.6 is 0 Å². The van der Waals surface area contributed by atoms with Crippen molar-refractivity contribution in [3.63, 3.8) is 0 Å². The summed E-state index contributed by atoms with van der Waals surface area (Å²) in [5.41, 5.74) is 0.124. The zero-order valence-electron chi connectivity index (χ0n) is 15.7. The van der Waals surface area contributed by atoms with Crippen molar-refractivity contribution in [2.24, 2.45) is 5.41 Å². The van der Waals surface area contributed by atoms with Gasteiger partial charge in [-0.25, -0.2) is 9.59 Å². The molecule has 148 valence electrons. The number of alkyl carbamates (subject to hydrolysis) is 1. The fourth-order valence-electron chi connectivity index (χ4n) is 2.99. The Bertz CT molecular complexity index is 685. The highest BCUT2D eigenvalue weighted by Crippen LogP contribution is 2.26. The van der Waals surface area contributed by atoms with Crippen molar-refractivity contribution in [3.05, 3.63) is 35.9 Å². The van der Waals surface area contributed by atoms with E-state index in [0.29, 0.717) is 0 Å². The second-order valence-electron chi connectivity index (χ2n) is 7.74. The van der Waals surface area contributed by atoms with Crippen LogP contribution in [-0.2, 0) is 20.9 Å². The van der Waals surface area contributed by atoms with Crippen molar-refractivity contribution in [3.8, 4) is 0 Å². The van der Waals surface area contributed by atoms with Gasteiger partial charge in [0.05, 0.1) is 6.10 Å². The molecule has 0 unspecified atom stereocenters. The fourth-order valence-corrected chi connectivity index (χ4v) is 2.99. The Labute approximate surface area is 158 Å². The number of carbonyl (C=O) groups is 3. The van der Waals surface area contributed by atoms with E-state index in [1.807, 2.05) is 30.3 Å². The number of aliphatic hydroxyl groups excluding tert-OH is 1. The predicted octanol–water partition coefficient (Wildman–Crippen LogP) is 1.37. The number of aliphatic hydroxyl groups is 1. The molecule has 1 aliphatic rings. The second kappa shape index (κ2) is 8.39. The van der Waals surface area contributed by atoms with Gasteiger partial charge in [-0.1, -0.05) is 51.1 Å². The first-order chi connectivity index (χ1) is 12.6. The van der Waals surface area contributed by atoms with E-state index in [0.717, 1.165) is 10.5 Å². The lowest BCUT2D eigenvalue weighted by atomic mass is 9.85. The molecule has 0 aromatic heterocycles. The number of likely N-dealkylation sites (tertiary alicyclic amines) is 1. The number of benzene rings is 1. The smallest absolute Gasteiger partial charge is 0.408 e. The van der Waals surface area contributed by atoms with Crippen molar-refractivity contribution in [2.75, 3.05) is 6.54 Å². The number of hydrogen-bond donors (Lipinski definition) is 3. The molecule has 1 aromatic carbocycles. The molecule has 2 amide bonds. The number of aliphatic carboxylic acids is 1. The predicted molar refractivity (Wildman–Crippen MR) is 96.8 cm³/mol. The number of nitrogens with zero attached hydrogens (tertiary/aromatic N) is 1. The molecule has 1 saturated heterocycles. The Morgan fingerprint density at radius 3 is 2.44 bits per heavy atom. The lowest BCUT2D eigenvalue weighted by Gasteiger charge is -2.34. The van der Waals surface area contributed by atoms with Crippen LogP contribution in [0.3, 0.4) is 0 Å². The number of carboxylic acids is 1. The minimum Gasteiger partial charge on any atom is -0.480 e. The zero-order chi connectivity index (χ0) is 20.2. The van der Waals surface area contributed by atoms with Crippen molar-refractivity contribution < 1.29 is 29.3 Å². The summed E-state index contributed by atoms with van der Waals surface area (Å²) in [6, 6.07) is 7.01. The summed E-state index contributed by atoms with van der Waals surface area (Å²) in [4.78, 5) is 37.7. The minimum atomic E-state index is -1.18. The molecule has 0 bridgehead atoms. The summed E-state index contributed by atoms with van der Waals surface area (Å²) in [7, 11) is 0. The van der Waals surface area contributed by atoms with E-state index in [-0.39, 0.29) is 19.6 Å². The fraction of sp³-hybridized carbons (Fsp3) is 0.526. The number of nitrogens with one attached hydrogen (secondary N) is 1. The Hall–Kier alpha value is -2.61. The molecule has 0 radical (unpaired) electrons. The number of amides is 2. The van der Waals surface area contributed by atoms with Crippen LogP contribution in [0.1, 0.15) is 32.8 Å². The molecular weight excluding hydrogens is 352 g/mol. The normalized spacial score (nSPS) is 20.8. The van der Waals surface area contributed by atoms with Crippen LogP contribution in [0.2, 0.25) is 0 Å². The maximum Gasteiger partial charge on any atom is 0.408 e. The minimum absolute atomic E-state index is 0.0314. The topological polar surface area (TPSA) is 116 Å². The summed E-state index contributed by atoms with van der Waals surface area (Å²) < 4.78 is 5.18. The van der Waals surface area contributed by atoms with E-state index in [9.17, 15) is 24.6 Å². The lowest BCUT2D eigenvalue weighted by molar-refractivity contribution is -0.150. The van der Waals surface area contributed by atoms with E-state index >= 15 is 0 Å². The molecule has 0 spiro atoms. The third kappa shape index (κ3) is 5.43. The maximum atomic E-state index is 12.9. The zero-order valence-corrected chi connectivity index (χ0v) is 15.7. The molecule has 1 fully saturated rings. The summed E-state index contributed by atoms with van der Waals surface area (Å²) in [6.45, 7) is 5.25. The number of carbonyl (C=O) groups excluding carboxylic acids is 2. The molecule has 0 saturated carbocycles. The van der Waals surface area contributed by atoms with Crippen LogP contribution in [0.4, 0.5) is 4.79 Å². The standard InChI is InChI=1S/C19H26N2O6/c1-19(2,3)15(16(23)21-10-13(22)9-14(21)17(24)25)20-18(26)27-11-12-7-5-4-6-8-12/h4-8,13-15,22H,9-11H2,1-3H3,(H,20,26)(H,24,25)/t13-,14+,15-/m1/s1. The van der Waals surface area contributed by atoms with E-state index in [2.05, 4.69) is 5.32 Å². The Morgan fingerprint density at radius 2 is 1.89 bits per heavy atom. The average molecular weight is 378 g/mol. The number of hydrogen-bond acceptors (Lipinski definition) is 5. The van der Waals surface area contributed by atoms with Gasteiger partial charge in [-0.15, -0.1) is 0 Å². The van der Waals surface area contributed by atoms with Gasteiger partial charge in [0.1, 0.15) is 18.7 Å². The maximum absolute atomic E-state index is 12.9. The van der Waals surface area contributed by atoms with Gasteiger partial charge >= 0.3 is 12.1 Å². The average Bonchev–Trinajstić information content (AvgIpc) is 2.99. The highest BCUT2D eigenvalue weighted by atomic mass is 16.5. The van der Waals surface area contributed by atoms with E-state index < -0.39 is 41.6 Å². The molecule has 3 atom stereocenters. The monoisotopic (exact) mass is 378 g/mol. The van der Waals surface area contributed by atoms with E-state index in [1.165, 1.54) is 0 Å². The molecule has 3 N–H and O–H groups in total. The summed E-state index contributed by atoms with van der Waals surface area (Å²) >= 11 is 0.